The van der Waals surface area contributed by atoms with E-state index in [0.717, 1.165) is 16.9 Å². The number of rotatable bonds is 4. The standard InChI is InChI=1S/C17H23N5O4/c1-11(2)22-10-18-16(24)17(22)5-7-21(8-6-17)14-4-3-12(15(23)20-26)9-13(14)19-25/h3-4,9,19,25-26H,1,5-8,10H2,2H3,(H,18,24)(H,20,23)/p+1. The second-order valence-corrected chi connectivity index (χ2v) is 6.69. The highest BCUT2D eigenvalue weighted by atomic mass is 16.5. The quantitative estimate of drug-likeness (QED) is 0.284. The highest BCUT2D eigenvalue weighted by Gasteiger charge is 2.50. The molecule has 2 aliphatic heterocycles. The highest BCUT2D eigenvalue weighted by molar-refractivity contribution is 5.95. The lowest BCUT2D eigenvalue weighted by molar-refractivity contribution is -0.825. The summed E-state index contributed by atoms with van der Waals surface area (Å²) < 4.78 is 0. The van der Waals surface area contributed by atoms with Crippen LogP contribution in [0.1, 0.15) is 30.1 Å². The molecule has 1 aromatic carbocycles. The number of carbonyl (C=O) groups is 2. The van der Waals surface area contributed by atoms with Crippen LogP contribution in [0, 0.1) is 0 Å². The highest BCUT2D eigenvalue weighted by Crippen LogP contribution is 2.37. The maximum absolute atomic E-state index is 12.5. The Morgan fingerprint density at radius 1 is 1.38 bits per heavy atom. The van der Waals surface area contributed by atoms with Crippen molar-refractivity contribution in [3.8, 4) is 0 Å². The third kappa shape index (κ3) is 2.90. The van der Waals surface area contributed by atoms with Crippen molar-refractivity contribution in [2.75, 3.05) is 24.7 Å². The summed E-state index contributed by atoms with van der Waals surface area (Å²) in [5, 5.41) is 21.2. The largest absolute Gasteiger partial charge is 0.366 e. The molecule has 9 heteroatoms. The molecule has 6 N–H and O–H groups in total. The zero-order chi connectivity index (χ0) is 18.9. The van der Waals surface area contributed by atoms with Crippen molar-refractivity contribution in [1.29, 1.82) is 0 Å². The molecule has 0 atom stereocenters. The van der Waals surface area contributed by atoms with E-state index in [2.05, 4.69) is 16.8 Å². The Bertz CT molecular complexity index is 743. The number of hydrogen-bond acceptors (Lipinski definition) is 6. The summed E-state index contributed by atoms with van der Waals surface area (Å²) in [7, 11) is 0. The molecule has 0 radical (unpaired) electrons. The molecule has 1 aromatic rings. The van der Waals surface area contributed by atoms with Crippen molar-refractivity contribution in [3.63, 3.8) is 0 Å². The molecule has 140 valence electrons. The van der Waals surface area contributed by atoms with Crippen molar-refractivity contribution in [2.24, 2.45) is 0 Å². The molecule has 1 spiro atoms. The van der Waals surface area contributed by atoms with Gasteiger partial charge in [-0.2, -0.15) is 5.48 Å². The van der Waals surface area contributed by atoms with Crippen LogP contribution in [0.25, 0.3) is 0 Å². The third-order valence-electron chi connectivity index (χ3n) is 5.26. The Labute approximate surface area is 151 Å². The summed E-state index contributed by atoms with van der Waals surface area (Å²) in [6.45, 7) is 7.62. The monoisotopic (exact) mass is 362 g/mol. The topological polar surface area (TPSA) is 122 Å². The van der Waals surface area contributed by atoms with E-state index < -0.39 is 11.4 Å². The molecule has 2 saturated heterocycles. The minimum Gasteiger partial charge on any atom is -0.366 e. The van der Waals surface area contributed by atoms with Crippen molar-refractivity contribution in [3.05, 3.63) is 36.0 Å². The van der Waals surface area contributed by atoms with Crippen LogP contribution in [-0.4, -0.2) is 52.4 Å². The summed E-state index contributed by atoms with van der Waals surface area (Å²) in [5.74, 6) is -0.610. The van der Waals surface area contributed by atoms with E-state index in [1.807, 2.05) is 11.8 Å². The first-order valence-electron chi connectivity index (χ1n) is 8.45. The van der Waals surface area contributed by atoms with Gasteiger partial charge in [0, 0.05) is 30.4 Å². The maximum atomic E-state index is 12.5. The van der Waals surface area contributed by atoms with E-state index >= 15 is 0 Å². The molecule has 2 aliphatic rings. The first kappa shape index (κ1) is 18.2. The van der Waals surface area contributed by atoms with Gasteiger partial charge in [0.1, 0.15) is 11.2 Å². The van der Waals surface area contributed by atoms with Gasteiger partial charge < -0.3 is 15.1 Å². The number of nitrogens with zero attached hydrogens (tertiary/aromatic N) is 2. The Kier molecular flexibility index (Phi) is 4.86. The molecule has 2 fully saturated rings. The fourth-order valence-corrected chi connectivity index (χ4v) is 3.86. The zero-order valence-electron chi connectivity index (χ0n) is 14.7. The van der Waals surface area contributed by atoms with Crippen molar-refractivity contribution in [1.82, 2.24) is 15.7 Å². The molecular weight excluding hydrogens is 338 g/mol. The van der Waals surface area contributed by atoms with Crippen LogP contribution in [0.5, 0.6) is 0 Å². The minimum absolute atomic E-state index is 0.0315. The fraction of sp³-hybridized carbons (Fsp3) is 0.412. The van der Waals surface area contributed by atoms with E-state index in [9.17, 15) is 14.8 Å². The van der Waals surface area contributed by atoms with Gasteiger partial charge in [-0.05, 0) is 31.9 Å². The molecule has 9 nitrogen and oxygen atoms in total. The zero-order valence-corrected chi connectivity index (χ0v) is 14.7. The lowest BCUT2D eigenvalue weighted by atomic mass is 9.85. The Morgan fingerprint density at radius 3 is 2.65 bits per heavy atom. The first-order chi connectivity index (χ1) is 12.4. The number of hydrogen-bond donors (Lipinski definition) is 5. The van der Waals surface area contributed by atoms with Gasteiger partial charge in [-0.25, -0.2) is 10.7 Å². The van der Waals surface area contributed by atoms with E-state index in [0.29, 0.717) is 38.3 Å². The summed E-state index contributed by atoms with van der Waals surface area (Å²) in [4.78, 5) is 28.1. The van der Waals surface area contributed by atoms with Crippen molar-refractivity contribution in [2.45, 2.75) is 25.3 Å². The molecule has 0 bridgehead atoms. The molecule has 2 heterocycles. The molecular formula is C17H24N5O4+. The van der Waals surface area contributed by atoms with Crippen LogP contribution in [0.2, 0.25) is 0 Å². The van der Waals surface area contributed by atoms with Gasteiger partial charge in [0.05, 0.1) is 6.67 Å². The Hall–Kier alpha value is -2.62. The van der Waals surface area contributed by atoms with Crippen LogP contribution in [-0.2, 0) is 4.79 Å². The molecule has 2 amide bonds. The summed E-state index contributed by atoms with van der Waals surface area (Å²) in [6, 6.07) is 4.82. The van der Waals surface area contributed by atoms with Crippen LogP contribution in [0.4, 0.5) is 11.4 Å². The number of quaternary nitrogens is 1. The normalized spacial score (nSPS) is 18.8. The number of amides is 2. The molecule has 0 saturated carbocycles. The SMILES string of the molecule is C=C(C)N1CNC(=O)C12CCN(c1ccc(C(=O)NO)cc1[NH2+]O)CC2. The molecule has 3 rings (SSSR count). The Balaban J connectivity index is 1.81. The number of nitrogens with two attached hydrogens (primary N) is 1. The summed E-state index contributed by atoms with van der Waals surface area (Å²) in [5.41, 5.74) is 4.31. The van der Waals surface area contributed by atoms with Crippen LogP contribution in [0.3, 0.4) is 0 Å². The molecule has 26 heavy (non-hydrogen) atoms. The average Bonchev–Trinajstić information content (AvgIpc) is 2.97. The number of benzene rings is 1. The van der Waals surface area contributed by atoms with Gasteiger partial charge in [0.2, 0.25) is 5.91 Å². The lowest BCUT2D eigenvalue weighted by Crippen LogP contribution is -2.74. The second kappa shape index (κ2) is 6.94. The molecule has 0 aromatic heterocycles. The maximum Gasteiger partial charge on any atom is 0.274 e. The number of hydroxylamine groups is 1. The number of carbonyl (C=O) groups excluding carboxylic acids is 2. The van der Waals surface area contributed by atoms with Gasteiger partial charge >= 0.3 is 0 Å². The number of anilines is 1. The van der Waals surface area contributed by atoms with Crippen molar-refractivity contribution < 1.29 is 25.5 Å². The predicted octanol–water partition coefficient (Wildman–Crippen LogP) is -0.348. The van der Waals surface area contributed by atoms with E-state index in [1.165, 1.54) is 6.07 Å². The first-order valence-corrected chi connectivity index (χ1v) is 8.45. The summed E-state index contributed by atoms with van der Waals surface area (Å²) in [6.07, 6.45) is 1.27. The minimum atomic E-state index is -0.642. The van der Waals surface area contributed by atoms with Gasteiger partial charge in [-0.15, -0.1) is 0 Å². The lowest BCUT2D eigenvalue weighted by Gasteiger charge is -2.44. The van der Waals surface area contributed by atoms with Gasteiger partial charge in [0.25, 0.3) is 5.91 Å². The average molecular weight is 362 g/mol. The number of piperidine rings is 1. The van der Waals surface area contributed by atoms with E-state index in [-0.39, 0.29) is 11.5 Å². The fourth-order valence-electron chi connectivity index (χ4n) is 3.86. The van der Waals surface area contributed by atoms with Crippen LogP contribution >= 0.6 is 0 Å². The van der Waals surface area contributed by atoms with E-state index in [1.54, 1.807) is 17.6 Å². The van der Waals surface area contributed by atoms with E-state index in [4.69, 9.17) is 5.21 Å². The van der Waals surface area contributed by atoms with Crippen molar-refractivity contribution >= 4 is 23.2 Å². The van der Waals surface area contributed by atoms with Crippen LogP contribution in [0.15, 0.2) is 30.5 Å². The smallest absolute Gasteiger partial charge is 0.274 e. The predicted molar refractivity (Wildman–Crippen MR) is 92.9 cm³/mol. The molecule has 0 aliphatic carbocycles. The van der Waals surface area contributed by atoms with Gasteiger partial charge in [0.15, 0.2) is 5.69 Å². The second-order valence-electron chi connectivity index (χ2n) is 6.69. The van der Waals surface area contributed by atoms with Gasteiger partial charge in [-0.3, -0.25) is 14.8 Å². The summed E-state index contributed by atoms with van der Waals surface area (Å²) >= 11 is 0. The number of nitrogens with one attached hydrogen (secondary N) is 2. The van der Waals surface area contributed by atoms with Crippen LogP contribution < -0.4 is 21.2 Å². The number of allylic oxidation sites excluding steroid dienone is 1. The van der Waals surface area contributed by atoms with Gasteiger partial charge in [-0.1, -0.05) is 6.58 Å². The molecule has 0 unspecified atom stereocenters. The Morgan fingerprint density at radius 2 is 2.08 bits per heavy atom. The third-order valence-corrected chi connectivity index (χ3v) is 5.26.